The Morgan fingerprint density at radius 3 is 1.88 bits per heavy atom. The van der Waals surface area contributed by atoms with E-state index in [1.807, 2.05) is 31.2 Å². The van der Waals surface area contributed by atoms with Crippen LogP contribution >= 0.6 is 12.4 Å². The van der Waals surface area contributed by atoms with Crippen LogP contribution in [0, 0.1) is 13.8 Å². The van der Waals surface area contributed by atoms with Crippen LogP contribution in [0.1, 0.15) is 64.9 Å². The Balaban J connectivity index is 0.00000324. The zero-order valence-electron chi connectivity index (χ0n) is 20.5. The second-order valence-electron chi connectivity index (χ2n) is 8.31. The fourth-order valence-corrected chi connectivity index (χ4v) is 4.58. The molecular formula is C28H33ClN2O3. The summed E-state index contributed by atoms with van der Waals surface area (Å²) in [7, 11) is 0. The number of halogens is 1. The molecule has 180 valence electrons. The molecule has 1 heterocycles. The molecule has 4 rings (SSSR count). The van der Waals surface area contributed by atoms with E-state index in [-0.39, 0.29) is 24.3 Å². The summed E-state index contributed by atoms with van der Waals surface area (Å²) in [5.74, 6) is 1.16. The molecular weight excluding hydrogens is 448 g/mol. The molecule has 1 aliphatic heterocycles. The van der Waals surface area contributed by atoms with E-state index in [0.717, 1.165) is 63.8 Å². The van der Waals surface area contributed by atoms with E-state index < -0.39 is 0 Å². The van der Waals surface area contributed by atoms with Crippen molar-refractivity contribution in [2.45, 2.75) is 40.5 Å². The van der Waals surface area contributed by atoms with E-state index in [9.17, 15) is 4.79 Å². The number of aryl methyl sites for hydroxylation is 2. The Morgan fingerprint density at radius 1 is 0.853 bits per heavy atom. The number of hydrogen-bond acceptors (Lipinski definition) is 5. The molecule has 0 saturated carbocycles. The number of benzene rings is 3. The highest BCUT2D eigenvalue weighted by molar-refractivity contribution is 5.92. The van der Waals surface area contributed by atoms with Gasteiger partial charge < -0.3 is 20.1 Å². The second kappa shape index (κ2) is 10.8. The van der Waals surface area contributed by atoms with Gasteiger partial charge in [-0.2, -0.15) is 0 Å². The molecule has 2 N–H and O–H groups in total. The SMILES string of the molecule is CCNc1cc2c(cc1C)C(c1ccccc1C(=O)OCC)c1cc(C)c(NCC)cc1O2.Cl. The summed E-state index contributed by atoms with van der Waals surface area (Å²) in [6.45, 7) is 12.2. The Bertz CT molecular complexity index is 1130. The number of carbonyl (C=O) groups excluding carboxylic acids is 1. The number of rotatable bonds is 7. The number of esters is 1. The molecule has 0 fully saturated rings. The van der Waals surface area contributed by atoms with Crippen molar-refractivity contribution in [1.29, 1.82) is 0 Å². The van der Waals surface area contributed by atoms with Crippen molar-refractivity contribution in [3.63, 3.8) is 0 Å². The van der Waals surface area contributed by atoms with E-state index >= 15 is 0 Å². The average molecular weight is 481 g/mol. The standard InChI is InChI=1S/C28H32N2O3.ClH/c1-6-29-23-15-25-21(13-17(23)4)27(19-11-9-10-12-20(19)28(31)32-8-3)22-14-18(5)24(30-7-2)16-26(22)33-25;/h9-16,27,29-30H,6-8H2,1-5H3;1H. The van der Waals surface area contributed by atoms with Gasteiger partial charge in [0.25, 0.3) is 0 Å². The third-order valence-corrected chi connectivity index (χ3v) is 6.06. The molecule has 3 aromatic rings. The molecule has 3 aromatic carbocycles. The maximum Gasteiger partial charge on any atom is 0.338 e. The Hall–Kier alpha value is -3.18. The maximum atomic E-state index is 12.9. The summed E-state index contributed by atoms with van der Waals surface area (Å²) in [6, 6.07) is 16.2. The highest BCUT2D eigenvalue weighted by Gasteiger charge is 2.33. The van der Waals surface area contributed by atoms with Crippen LogP contribution in [0.3, 0.4) is 0 Å². The van der Waals surface area contributed by atoms with Gasteiger partial charge in [0.2, 0.25) is 0 Å². The van der Waals surface area contributed by atoms with Crippen molar-refractivity contribution >= 4 is 29.8 Å². The van der Waals surface area contributed by atoms with Gasteiger partial charge in [-0.15, -0.1) is 12.4 Å². The highest BCUT2D eigenvalue weighted by atomic mass is 35.5. The van der Waals surface area contributed by atoms with Crippen LogP contribution in [0.5, 0.6) is 11.5 Å². The van der Waals surface area contributed by atoms with Gasteiger partial charge in [-0.1, -0.05) is 18.2 Å². The van der Waals surface area contributed by atoms with Crippen LogP contribution in [0.15, 0.2) is 48.5 Å². The van der Waals surface area contributed by atoms with Gasteiger partial charge in [-0.25, -0.2) is 4.79 Å². The predicted molar refractivity (Wildman–Crippen MR) is 141 cm³/mol. The van der Waals surface area contributed by atoms with Crippen molar-refractivity contribution in [3.05, 3.63) is 81.9 Å². The molecule has 0 spiro atoms. The normalized spacial score (nSPS) is 12.0. The third-order valence-electron chi connectivity index (χ3n) is 6.06. The summed E-state index contributed by atoms with van der Waals surface area (Å²) in [5, 5.41) is 6.85. The average Bonchev–Trinajstić information content (AvgIpc) is 2.80. The molecule has 34 heavy (non-hydrogen) atoms. The quantitative estimate of drug-likeness (QED) is 0.277. The summed E-state index contributed by atoms with van der Waals surface area (Å²) in [4.78, 5) is 12.9. The Kier molecular flexibility index (Phi) is 8.11. The zero-order chi connectivity index (χ0) is 23.5. The first kappa shape index (κ1) is 25.4. The van der Waals surface area contributed by atoms with E-state index in [1.165, 1.54) is 0 Å². The fourth-order valence-electron chi connectivity index (χ4n) is 4.58. The summed E-state index contributed by atoms with van der Waals surface area (Å²) >= 11 is 0. The number of ether oxygens (including phenoxy) is 2. The van der Waals surface area contributed by atoms with Crippen molar-refractivity contribution in [3.8, 4) is 11.5 Å². The molecule has 5 nitrogen and oxygen atoms in total. The Labute approximate surface area is 208 Å². The maximum absolute atomic E-state index is 12.9. The summed E-state index contributed by atoms with van der Waals surface area (Å²) in [5.41, 5.74) is 8.00. The molecule has 0 radical (unpaired) electrons. The third kappa shape index (κ3) is 4.71. The van der Waals surface area contributed by atoms with Gasteiger partial charge in [-0.3, -0.25) is 0 Å². The number of carbonyl (C=O) groups is 1. The van der Waals surface area contributed by atoms with Crippen LogP contribution in [-0.2, 0) is 4.74 Å². The summed E-state index contributed by atoms with van der Waals surface area (Å²) < 4.78 is 11.9. The number of fused-ring (bicyclic) bond motifs is 2. The lowest BCUT2D eigenvalue weighted by Gasteiger charge is -2.31. The van der Waals surface area contributed by atoms with Crippen LogP contribution in [0.4, 0.5) is 11.4 Å². The first-order valence-corrected chi connectivity index (χ1v) is 11.7. The minimum atomic E-state index is -0.301. The van der Waals surface area contributed by atoms with E-state index in [1.54, 1.807) is 0 Å². The minimum absolute atomic E-state index is 0. The van der Waals surface area contributed by atoms with Gasteiger partial charge in [-0.05, 0) is 69.5 Å². The summed E-state index contributed by atoms with van der Waals surface area (Å²) in [6.07, 6.45) is 0. The minimum Gasteiger partial charge on any atom is -0.462 e. The first-order chi connectivity index (χ1) is 16.0. The molecule has 0 aliphatic carbocycles. The van der Waals surface area contributed by atoms with E-state index in [4.69, 9.17) is 9.47 Å². The number of hydrogen-bond donors (Lipinski definition) is 2. The van der Waals surface area contributed by atoms with E-state index in [0.29, 0.717) is 12.2 Å². The van der Waals surface area contributed by atoms with Gasteiger partial charge in [0.05, 0.1) is 12.2 Å². The van der Waals surface area contributed by atoms with Crippen LogP contribution in [0.2, 0.25) is 0 Å². The predicted octanol–water partition coefficient (Wildman–Crippen LogP) is 7.05. The number of anilines is 2. The van der Waals surface area contributed by atoms with Crippen LogP contribution in [0.25, 0.3) is 0 Å². The molecule has 0 saturated heterocycles. The van der Waals surface area contributed by atoms with Crippen molar-refractivity contribution in [1.82, 2.24) is 0 Å². The lowest BCUT2D eigenvalue weighted by molar-refractivity contribution is 0.0525. The topological polar surface area (TPSA) is 59.6 Å². The molecule has 6 heteroatoms. The largest absolute Gasteiger partial charge is 0.462 e. The van der Waals surface area contributed by atoms with E-state index in [2.05, 4.69) is 62.6 Å². The first-order valence-electron chi connectivity index (χ1n) is 11.7. The number of nitrogens with one attached hydrogen (secondary N) is 2. The molecule has 0 aromatic heterocycles. The van der Waals surface area contributed by atoms with Crippen LogP contribution < -0.4 is 15.4 Å². The lowest BCUT2D eigenvalue weighted by atomic mass is 9.79. The van der Waals surface area contributed by atoms with Crippen LogP contribution in [-0.4, -0.2) is 25.7 Å². The van der Waals surface area contributed by atoms with Crippen molar-refractivity contribution < 1.29 is 14.3 Å². The van der Waals surface area contributed by atoms with Gasteiger partial charge in [0, 0.05) is 53.6 Å². The molecule has 1 aliphatic rings. The zero-order valence-corrected chi connectivity index (χ0v) is 21.3. The molecule has 0 unspecified atom stereocenters. The Morgan fingerprint density at radius 2 is 1.38 bits per heavy atom. The molecule has 0 bridgehead atoms. The molecule has 0 amide bonds. The highest BCUT2D eigenvalue weighted by Crippen LogP contribution is 2.50. The van der Waals surface area contributed by atoms with Gasteiger partial charge in [0.1, 0.15) is 11.5 Å². The van der Waals surface area contributed by atoms with Gasteiger partial charge >= 0.3 is 5.97 Å². The van der Waals surface area contributed by atoms with Gasteiger partial charge in [0.15, 0.2) is 0 Å². The molecule has 0 atom stereocenters. The smallest absolute Gasteiger partial charge is 0.338 e. The van der Waals surface area contributed by atoms with Crippen molar-refractivity contribution in [2.75, 3.05) is 30.3 Å². The fraction of sp³-hybridized carbons (Fsp3) is 0.321. The lowest BCUT2D eigenvalue weighted by Crippen LogP contribution is -2.17. The monoisotopic (exact) mass is 480 g/mol. The second-order valence-corrected chi connectivity index (χ2v) is 8.31. The van der Waals surface area contributed by atoms with Crippen molar-refractivity contribution in [2.24, 2.45) is 0 Å².